The first-order valence-corrected chi connectivity index (χ1v) is 6.94. The predicted octanol–water partition coefficient (Wildman–Crippen LogP) is 4.30. The zero-order valence-electron chi connectivity index (χ0n) is 11.5. The molecule has 1 rings (SSSR count). The van der Waals surface area contributed by atoms with E-state index in [-0.39, 0.29) is 11.9 Å². The van der Waals surface area contributed by atoms with E-state index in [0.717, 1.165) is 12.8 Å². The van der Waals surface area contributed by atoms with Crippen LogP contribution in [0.3, 0.4) is 0 Å². The Bertz CT molecular complexity index is 332. The van der Waals surface area contributed by atoms with Gasteiger partial charge in [0.05, 0.1) is 13.0 Å². The molecule has 0 bridgehead atoms. The van der Waals surface area contributed by atoms with Crippen molar-refractivity contribution in [3.63, 3.8) is 0 Å². The molecule has 2 heteroatoms. The van der Waals surface area contributed by atoms with Gasteiger partial charge in [0.25, 0.3) is 0 Å². The Balaban J connectivity index is 2.20. The highest BCUT2D eigenvalue weighted by Crippen LogP contribution is 2.18. The van der Waals surface area contributed by atoms with Gasteiger partial charge in [-0.3, -0.25) is 4.79 Å². The summed E-state index contributed by atoms with van der Waals surface area (Å²) in [6.07, 6.45) is 5.03. The first-order valence-electron chi connectivity index (χ1n) is 6.94. The number of esters is 1. The minimum Gasteiger partial charge on any atom is -0.466 e. The maximum absolute atomic E-state index is 11.6. The van der Waals surface area contributed by atoms with E-state index in [9.17, 15) is 4.79 Å². The van der Waals surface area contributed by atoms with Crippen molar-refractivity contribution in [2.24, 2.45) is 0 Å². The van der Waals surface area contributed by atoms with Crippen LogP contribution in [0.25, 0.3) is 0 Å². The van der Waals surface area contributed by atoms with E-state index >= 15 is 0 Å². The molecule has 100 valence electrons. The van der Waals surface area contributed by atoms with Gasteiger partial charge in [0, 0.05) is 0 Å². The van der Waals surface area contributed by atoms with E-state index in [1.165, 1.54) is 18.4 Å². The summed E-state index contributed by atoms with van der Waals surface area (Å²) in [4.78, 5) is 11.6. The molecular weight excluding hydrogens is 224 g/mol. The second-order valence-electron chi connectivity index (χ2n) is 4.80. The van der Waals surface area contributed by atoms with Crippen LogP contribution < -0.4 is 0 Å². The first kappa shape index (κ1) is 14.7. The van der Waals surface area contributed by atoms with Crippen LogP contribution in [0.4, 0.5) is 0 Å². The van der Waals surface area contributed by atoms with Crippen LogP contribution in [0.15, 0.2) is 30.3 Å². The molecule has 0 saturated carbocycles. The lowest BCUT2D eigenvalue weighted by Gasteiger charge is -2.11. The summed E-state index contributed by atoms with van der Waals surface area (Å²) in [5, 5.41) is 0. The lowest BCUT2D eigenvalue weighted by atomic mass is 9.98. The van der Waals surface area contributed by atoms with Crippen LogP contribution in [-0.2, 0) is 9.53 Å². The van der Waals surface area contributed by atoms with Gasteiger partial charge in [-0.15, -0.1) is 0 Å². The average Bonchev–Trinajstić information content (AvgIpc) is 2.39. The normalized spacial score (nSPS) is 12.1. The molecule has 2 nitrogen and oxygen atoms in total. The highest BCUT2D eigenvalue weighted by atomic mass is 16.5. The lowest BCUT2D eigenvalue weighted by molar-refractivity contribution is -0.144. The fourth-order valence-corrected chi connectivity index (χ4v) is 1.92. The summed E-state index contributed by atoms with van der Waals surface area (Å²) in [5.74, 6) is 0.150. The van der Waals surface area contributed by atoms with Crippen molar-refractivity contribution in [1.29, 1.82) is 0 Å². The highest BCUT2D eigenvalue weighted by molar-refractivity contribution is 5.70. The van der Waals surface area contributed by atoms with E-state index < -0.39 is 0 Å². The number of carbonyl (C=O) groups is 1. The van der Waals surface area contributed by atoms with Gasteiger partial charge in [-0.1, -0.05) is 63.4 Å². The number of hydrogen-bond acceptors (Lipinski definition) is 2. The molecule has 0 N–H and O–H groups in total. The number of rotatable bonds is 8. The molecule has 0 saturated heterocycles. The summed E-state index contributed by atoms with van der Waals surface area (Å²) in [5.41, 5.74) is 1.19. The Kier molecular flexibility index (Phi) is 7.16. The number of ether oxygens (including phenoxy) is 1. The summed E-state index contributed by atoms with van der Waals surface area (Å²) < 4.78 is 5.24. The topological polar surface area (TPSA) is 26.3 Å². The van der Waals surface area contributed by atoms with Gasteiger partial charge in [0.1, 0.15) is 0 Å². The molecule has 0 amide bonds. The average molecular weight is 248 g/mol. The molecule has 0 heterocycles. The molecule has 1 aromatic rings. The fraction of sp³-hybridized carbons (Fsp3) is 0.562. The Morgan fingerprint density at radius 2 is 1.89 bits per heavy atom. The second-order valence-corrected chi connectivity index (χ2v) is 4.80. The van der Waals surface area contributed by atoms with Crippen LogP contribution >= 0.6 is 0 Å². The van der Waals surface area contributed by atoms with Gasteiger partial charge < -0.3 is 4.74 Å². The molecule has 0 aliphatic heterocycles. The Hall–Kier alpha value is -1.31. The smallest absolute Gasteiger partial charge is 0.306 e. The van der Waals surface area contributed by atoms with E-state index in [1.54, 1.807) is 0 Å². The van der Waals surface area contributed by atoms with Crippen LogP contribution in [0.5, 0.6) is 0 Å². The van der Waals surface area contributed by atoms with E-state index in [1.807, 2.05) is 18.2 Å². The van der Waals surface area contributed by atoms with Crippen molar-refractivity contribution in [3.05, 3.63) is 35.9 Å². The van der Waals surface area contributed by atoms with Gasteiger partial charge in [-0.2, -0.15) is 0 Å². The van der Waals surface area contributed by atoms with E-state index in [2.05, 4.69) is 26.0 Å². The first-order chi connectivity index (χ1) is 8.74. The van der Waals surface area contributed by atoms with Crippen molar-refractivity contribution in [2.75, 3.05) is 6.61 Å². The molecule has 0 aromatic heterocycles. The molecule has 0 aliphatic rings. The van der Waals surface area contributed by atoms with Gasteiger partial charge in [-0.05, 0) is 17.9 Å². The standard InChI is InChI=1S/C16H24O2/c1-3-4-5-9-12-18-16(17)13-14(2)15-10-7-6-8-11-15/h6-8,10-11,14H,3-5,9,12-13H2,1-2H3/t14-/m1/s1. The van der Waals surface area contributed by atoms with Crippen LogP contribution in [0.1, 0.15) is 57.4 Å². The summed E-state index contributed by atoms with van der Waals surface area (Å²) in [7, 11) is 0. The third-order valence-corrected chi connectivity index (χ3v) is 3.10. The zero-order valence-corrected chi connectivity index (χ0v) is 11.5. The monoisotopic (exact) mass is 248 g/mol. The Morgan fingerprint density at radius 1 is 1.17 bits per heavy atom. The molecule has 1 aromatic carbocycles. The highest BCUT2D eigenvalue weighted by Gasteiger charge is 2.11. The molecule has 1 atom stereocenters. The molecule has 0 spiro atoms. The van der Waals surface area contributed by atoms with Crippen molar-refractivity contribution in [2.45, 2.75) is 51.9 Å². The minimum atomic E-state index is -0.0807. The number of carbonyl (C=O) groups excluding carboxylic acids is 1. The minimum absolute atomic E-state index is 0.0807. The summed E-state index contributed by atoms with van der Waals surface area (Å²) in [6.45, 7) is 4.81. The van der Waals surface area contributed by atoms with Crippen LogP contribution in [-0.4, -0.2) is 12.6 Å². The lowest BCUT2D eigenvalue weighted by Crippen LogP contribution is -2.09. The molecule has 0 radical (unpaired) electrons. The second kappa shape index (κ2) is 8.73. The van der Waals surface area contributed by atoms with Crippen molar-refractivity contribution in [3.8, 4) is 0 Å². The van der Waals surface area contributed by atoms with Crippen LogP contribution in [0.2, 0.25) is 0 Å². The Labute approximate surface area is 110 Å². The number of hydrogen-bond donors (Lipinski definition) is 0. The quantitative estimate of drug-likeness (QED) is 0.506. The predicted molar refractivity (Wildman–Crippen MR) is 74.6 cm³/mol. The summed E-state index contributed by atoms with van der Waals surface area (Å²) >= 11 is 0. The van der Waals surface area contributed by atoms with Gasteiger partial charge in [0.2, 0.25) is 0 Å². The zero-order chi connectivity index (χ0) is 13.2. The van der Waals surface area contributed by atoms with Gasteiger partial charge in [-0.25, -0.2) is 0 Å². The molecule has 0 fully saturated rings. The van der Waals surface area contributed by atoms with Gasteiger partial charge >= 0.3 is 5.97 Å². The van der Waals surface area contributed by atoms with Gasteiger partial charge in [0.15, 0.2) is 0 Å². The third kappa shape index (κ3) is 5.85. The SMILES string of the molecule is CCCCCCOC(=O)C[C@@H](C)c1ccccc1. The summed E-state index contributed by atoms with van der Waals surface area (Å²) in [6, 6.07) is 10.1. The fourth-order valence-electron chi connectivity index (χ4n) is 1.92. The maximum atomic E-state index is 11.6. The van der Waals surface area contributed by atoms with Crippen molar-refractivity contribution < 1.29 is 9.53 Å². The third-order valence-electron chi connectivity index (χ3n) is 3.10. The molecular formula is C16H24O2. The molecule has 0 aliphatic carbocycles. The maximum Gasteiger partial charge on any atom is 0.306 e. The van der Waals surface area contributed by atoms with E-state index in [0.29, 0.717) is 13.0 Å². The van der Waals surface area contributed by atoms with Crippen molar-refractivity contribution >= 4 is 5.97 Å². The largest absolute Gasteiger partial charge is 0.466 e. The van der Waals surface area contributed by atoms with Crippen LogP contribution in [0, 0.1) is 0 Å². The Morgan fingerprint density at radius 3 is 2.56 bits per heavy atom. The van der Waals surface area contributed by atoms with E-state index in [4.69, 9.17) is 4.74 Å². The molecule has 18 heavy (non-hydrogen) atoms. The number of unbranched alkanes of at least 4 members (excludes halogenated alkanes) is 3. The number of benzene rings is 1. The van der Waals surface area contributed by atoms with Crippen molar-refractivity contribution in [1.82, 2.24) is 0 Å². The molecule has 0 unspecified atom stereocenters.